The highest BCUT2D eigenvalue weighted by Crippen LogP contribution is 2.24. The Morgan fingerprint density at radius 3 is 2.90 bits per heavy atom. The van der Waals surface area contributed by atoms with E-state index in [2.05, 4.69) is 20.3 Å². The van der Waals surface area contributed by atoms with Crippen molar-refractivity contribution in [2.75, 3.05) is 18.5 Å². The van der Waals surface area contributed by atoms with Gasteiger partial charge in [0.2, 0.25) is 5.95 Å². The second-order valence-electron chi connectivity index (χ2n) is 4.09. The largest absolute Gasteiger partial charge is 0.472 e. The van der Waals surface area contributed by atoms with Crippen LogP contribution in [0.5, 0.6) is 5.88 Å². The lowest BCUT2D eigenvalue weighted by molar-refractivity contribution is -0.386. The van der Waals surface area contributed by atoms with E-state index < -0.39 is 4.92 Å². The molecule has 0 saturated carbocycles. The van der Waals surface area contributed by atoms with Crippen LogP contribution in [0.1, 0.15) is 12.6 Å². The summed E-state index contributed by atoms with van der Waals surface area (Å²) in [4.78, 5) is 22.4. The van der Waals surface area contributed by atoms with Crippen molar-refractivity contribution in [3.63, 3.8) is 0 Å². The lowest BCUT2D eigenvalue weighted by atomic mass is 10.3. The van der Waals surface area contributed by atoms with E-state index in [0.717, 1.165) is 11.9 Å². The SMILES string of the molecule is CCNc1ncc([N+](=O)[O-])c(OCCc2ccccn2)n1. The summed E-state index contributed by atoms with van der Waals surface area (Å²) in [6.07, 6.45) is 3.37. The monoisotopic (exact) mass is 289 g/mol. The zero-order valence-electron chi connectivity index (χ0n) is 11.5. The Kier molecular flexibility index (Phi) is 4.97. The predicted octanol–water partition coefficient (Wildman–Crippen LogP) is 1.83. The molecule has 8 heteroatoms. The first-order valence-corrected chi connectivity index (χ1v) is 6.48. The molecule has 0 atom stereocenters. The van der Waals surface area contributed by atoms with E-state index in [1.165, 1.54) is 0 Å². The maximum Gasteiger partial charge on any atom is 0.349 e. The molecule has 0 bridgehead atoms. The zero-order valence-corrected chi connectivity index (χ0v) is 11.5. The summed E-state index contributed by atoms with van der Waals surface area (Å²) in [6, 6.07) is 5.56. The van der Waals surface area contributed by atoms with Gasteiger partial charge in [-0.2, -0.15) is 4.98 Å². The highest BCUT2D eigenvalue weighted by Gasteiger charge is 2.18. The average Bonchev–Trinajstić information content (AvgIpc) is 2.49. The van der Waals surface area contributed by atoms with Gasteiger partial charge in [0.05, 0.1) is 11.5 Å². The minimum Gasteiger partial charge on any atom is -0.472 e. The summed E-state index contributed by atoms with van der Waals surface area (Å²) in [6.45, 7) is 2.75. The highest BCUT2D eigenvalue weighted by molar-refractivity contribution is 5.43. The number of pyridine rings is 1. The van der Waals surface area contributed by atoms with Crippen molar-refractivity contribution < 1.29 is 9.66 Å². The Balaban J connectivity index is 2.06. The van der Waals surface area contributed by atoms with Gasteiger partial charge in [0, 0.05) is 24.9 Å². The number of ether oxygens (including phenoxy) is 1. The van der Waals surface area contributed by atoms with E-state index in [0.29, 0.717) is 18.9 Å². The standard InChI is InChI=1S/C13H15N5O3/c1-2-14-13-16-9-11(18(19)20)12(17-13)21-8-6-10-5-3-4-7-15-10/h3-5,7,9H,2,6,8H2,1H3,(H,14,16,17). The number of rotatable bonds is 7. The number of nitro groups is 1. The van der Waals surface area contributed by atoms with Crippen molar-refractivity contribution in [1.82, 2.24) is 15.0 Å². The van der Waals surface area contributed by atoms with Crippen LogP contribution >= 0.6 is 0 Å². The third-order valence-electron chi connectivity index (χ3n) is 2.59. The summed E-state index contributed by atoms with van der Waals surface area (Å²) in [5, 5.41) is 13.8. The predicted molar refractivity (Wildman–Crippen MR) is 76.3 cm³/mol. The van der Waals surface area contributed by atoms with Gasteiger partial charge < -0.3 is 10.1 Å². The topological polar surface area (TPSA) is 103 Å². The molecule has 8 nitrogen and oxygen atoms in total. The van der Waals surface area contributed by atoms with Crippen LogP contribution in [0.25, 0.3) is 0 Å². The zero-order chi connectivity index (χ0) is 15.1. The molecule has 0 aromatic carbocycles. The molecule has 0 amide bonds. The molecule has 2 aromatic heterocycles. The van der Waals surface area contributed by atoms with Crippen molar-refractivity contribution in [3.8, 4) is 5.88 Å². The molecule has 2 heterocycles. The third kappa shape index (κ3) is 4.10. The molecule has 21 heavy (non-hydrogen) atoms. The summed E-state index contributed by atoms with van der Waals surface area (Å²) in [5.41, 5.74) is 0.596. The molecule has 0 saturated heterocycles. The lowest BCUT2D eigenvalue weighted by Crippen LogP contribution is -2.09. The van der Waals surface area contributed by atoms with Crippen molar-refractivity contribution >= 4 is 11.6 Å². The van der Waals surface area contributed by atoms with Crippen LogP contribution in [-0.4, -0.2) is 33.0 Å². The van der Waals surface area contributed by atoms with Crippen molar-refractivity contribution in [3.05, 3.63) is 46.4 Å². The third-order valence-corrected chi connectivity index (χ3v) is 2.59. The quantitative estimate of drug-likeness (QED) is 0.612. The second-order valence-corrected chi connectivity index (χ2v) is 4.09. The summed E-state index contributed by atoms with van der Waals surface area (Å²) >= 11 is 0. The molecular formula is C13H15N5O3. The van der Waals surface area contributed by atoms with Crippen LogP contribution < -0.4 is 10.1 Å². The molecule has 0 radical (unpaired) electrons. The summed E-state index contributed by atoms with van der Waals surface area (Å²) < 4.78 is 5.42. The first-order chi connectivity index (χ1) is 10.2. The fraction of sp³-hybridized carbons (Fsp3) is 0.308. The van der Waals surface area contributed by atoms with Gasteiger partial charge in [-0.25, -0.2) is 4.98 Å². The Hall–Kier alpha value is -2.77. The molecule has 0 fully saturated rings. The van der Waals surface area contributed by atoms with Gasteiger partial charge in [0.25, 0.3) is 5.88 Å². The van der Waals surface area contributed by atoms with E-state index in [-0.39, 0.29) is 18.2 Å². The molecular weight excluding hydrogens is 274 g/mol. The van der Waals surface area contributed by atoms with Gasteiger partial charge in [-0.1, -0.05) is 6.07 Å². The molecule has 2 aromatic rings. The maximum atomic E-state index is 10.9. The number of anilines is 1. The number of hydrogen-bond acceptors (Lipinski definition) is 7. The van der Waals surface area contributed by atoms with Crippen LogP contribution in [0.3, 0.4) is 0 Å². The molecule has 110 valence electrons. The van der Waals surface area contributed by atoms with Gasteiger partial charge in [0.1, 0.15) is 6.20 Å². The van der Waals surface area contributed by atoms with Crippen LogP contribution in [0, 0.1) is 10.1 Å². The van der Waals surface area contributed by atoms with Crippen molar-refractivity contribution in [2.45, 2.75) is 13.3 Å². The highest BCUT2D eigenvalue weighted by atomic mass is 16.6. The number of nitrogens with one attached hydrogen (secondary N) is 1. The molecule has 0 aliphatic carbocycles. The Bertz CT molecular complexity index is 606. The molecule has 0 aliphatic heterocycles. The van der Waals surface area contributed by atoms with Crippen LogP contribution in [0.15, 0.2) is 30.6 Å². The molecule has 0 aliphatic rings. The van der Waals surface area contributed by atoms with Crippen LogP contribution in [0.4, 0.5) is 11.6 Å². The van der Waals surface area contributed by atoms with Crippen molar-refractivity contribution in [1.29, 1.82) is 0 Å². The summed E-state index contributed by atoms with van der Waals surface area (Å²) in [5.74, 6) is 0.262. The minimum absolute atomic E-state index is 0.0399. The van der Waals surface area contributed by atoms with E-state index >= 15 is 0 Å². The Morgan fingerprint density at radius 2 is 2.24 bits per heavy atom. The molecule has 0 unspecified atom stereocenters. The Morgan fingerprint density at radius 1 is 1.38 bits per heavy atom. The summed E-state index contributed by atoms with van der Waals surface area (Å²) in [7, 11) is 0. The normalized spacial score (nSPS) is 10.1. The molecule has 1 N–H and O–H groups in total. The van der Waals surface area contributed by atoms with E-state index in [1.54, 1.807) is 6.20 Å². The second kappa shape index (κ2) is 7.13. The van der Waals surface area contributed by atoms with Gasteiger partial charge in [0.15, 0.2) is 0 Å². The minimum atomic E-state index is -0.564. The average molecular weight is 289 g/mol. The number of hydrogen-bond donors (Lipinski definition) is 1. The van der Waals surface area contributed by atoms with E-state index in [1.807, 2.05) is 25.1 Å². The van der Waals surface area contributed by atoms with Crippen LogP contribution in [0.2, 0.25) is 0 Å². The van der Waals surface area contributed by atoms with Gasteiger partial charge in [-0.15, -0.1) is 0 Å². The molecule has 2 rings (SSSR count). The Labute approximate surface area is 121 Å². The van der Waals surface area contributed by atoms with Gasteiger partial charge in [-0.05, 0) is 19.1 Å². The lowest BCUT2D eigenvalue weighted by Gasteiger charge is -2.07. The first kappa shape index (κ1) is 14.6. The fourth-order valence-corrected chi connectivity index (χ4v) is 1.63. The number of nitrogens with zero attached hydrogens (tertiary/aromatic N) is 4. The van der Waals surface area contributed by atoms with Gasteiger partial charge in [-0.3, -0.25) is 15.1 Å². The fourth-order valence-electron chi connectivity index (χ4n) is 1.63. The van der Waals surface area contributed by atoms with Gasteiger partial charge >= 0.3 is 5.69 Å². The smallest absolute Gasteiger partial charge is 0.349 e. The van der Waals surface area contributed by atoms with Crippen molar-refractivity contribution in [2.24, 2.45) is 0 Å². The van der Waals surface area contributed by atoms with E-state index in [4.69, 9.17) is 4.74 Å². The maximum absolute atomic E-state index is 10.9. The molecule has 0 spiro atoms. The van der Waals surface area contributed by atoms with Crippen LogP contribution in [-0.2, 0) is 6.42 Å². The number of aromatic nitrogens is 3. The first-order valence-electron chi connectivity index (χ1n) is 6.48. The van der Waals surface area contributed by atoms with E-state index in [9.17, 15) is 10.1 Å².